The summed E-state index contributed by atoms with van der Waals surface area (Å²) in [5.41, 5.74) is 2.22. The molecule has 2 saturated heterocycles. The first-order chi connectivity index (χ1) is 12.8. The lowest BCUT2D eigenvalue weighted by atomic mass is 9.86. The van der Waals surface area contributed by atoms with Crippen LogP contribution in [-0.4, -0.2) is 46.0 Å². The maximum Gasteiger partial charge on any atom is 0.321 e. The van der Waals surface area contributed by atoms with Crippen LogP contribution < -0.4 is 5.32 Å². The smallest absolute Gasteiger partial charge is 0.321 e. The lowest BCUT2D eigenvalue weighted by Gasteiger charge is -2.46. The average Bonchev–Trinajstić information content (AvgIpc) is 3.05. The molecule has 1 aromatic heterocycles. The number of nitrogens with zero attached hydrogens (tertiary/aromatic N) is 3. The van der Waals surface area contributed by atoms with E-state index in [1.165, 1.54) is 24.8 Å². The van der Waals surface area contributed by atoms with Gasteiger partial charge in [0, 0.05) is 43.3 Å². The van der Waals surface area contributed by atoms with Gasteiger partial charge < -0.3 is 10.2 Å². The fourth-order valence-corrected chi connectivity index (χ4v) is 4.42. The van der Waals surface area contributed by atoms with Crippen molar-refractivity contribution in [1.29, 1.82) is 0 Å². The Bertz CT molecular complexity index is 736. The summed E-state index contributed by atoms with van der Waals surface area (Å²) in [7, 11) is 0. The molecule has 1 aromatic carbocycles. The molecule has 0 bridgehead atoms. The number of pyridine rings is 1. The highest BCUT2D eigenvalue weighted by Gasteiger charge is 2.44. The molecule has 0 radical (unpaired) electrons. The van der Waals surface area contributed by atoms with Crippen molar-refractivity contribution in [2.45, 2.75) is 37.8 Å². The number of nitrogens with one attached hydrogen (secondary N) is 1. The number of para-hydroxylation sites is 1. The molecule has 0 aliphatic carbocycles. The molecule has 5 nitrogen and oxygen atoms in total. The number of amides is 2. The number of hydrogen-bond acceptors (Lipinski definition) is 3. The SMILES string of the molecule is O=C(Nc1ccccc1)N1CCCC2(CCCN2Cc2cccnc2)C1. The van der Waals surface area contributed by atoms with Gasteiger partial charge in [-0.25, -0.2) is 4.79 Å². The van der Waals surface area contributed by atoms with Crippen molar-refractivity contribution in [3.05, 3.63) is 60.4 Å². The van der Waals surface area contributed by atoms with Gasteiger partial charge in [-0.3, -0.25) is 9.88 Å². The largest absolute Gasteiger partial charge is 0.323 e. The molecule has 26 heavy (non-hydrogen) atoms. The minimum Gasteiger partial charge on any atom is -0.323 e. The Morgan fingerprint density at radius 3 is 2.65 bits per heavy atom. The second kappa shape index (κ2) is 7.46. The fraction of sp³-hybridized carbons (Fsp3) is 0.429. The molecule has 1 unspecified atom stereocenters. The van der Waals surface area contributed by atoms with Crippen molar-refractivity contribution in [2.24, 2.45) is 0 Å². The van der Waals surface area contributed by atoms with Crippen molar-refractivity contribution < 1.29 is 4.79 Å². The molecule has 2 aliphatic rings. The number of urea groups is 1. The first-order valence-electron chi connectivity index (χ1n) is 9.50. The number of likely N-dealkylation sites (tertiary alicyclic amines) is 2. The maximum absolute atomic E-state index is 12.8. The number of benzene rings is 1. The normalized spacial score (nSPS) is 23.3. The summed E-state index contributed by atoms with van der Waals surface area (Å²) in [4.78, 5) is 21.6. The lowest BCUT2D eigenvalue weighted by molar-refractivity contribution is 0.0533. The van der Waals surface area contributed by atoms with Crippen molar-refractivity contribution in [3.63, 3.8) is 0 Å². The molecule has 4 rings (SSSR count). The molecule has 3 heterocycles. The van der Waals surface area contributed by atoms with E-state index < -0.39 is 0 Å². The van der Waals surface area contributed by atoms with Gasteiger partial charge in [0.2, 0.25) is 0 Å². The first-order valence-corrected chi connectivity index (χ1v) is 9.50. The Labute approximate surface area is 155 Å². The molecule has 1 atom stereocenters. The van der Waals surface area contributed by atoms with Crippen LogP contribution in [0.3, 0.4) is 0 Å². The molecule has 5 heteroatoms. The Kier molecular flexibility index (Phi) is 4.89. The molecule has 2 fully saturated rings. The van der Waals surface area contributed by atoms with Crippen LogP contribution in [0.5, 0.6) is 0 Å². The van der Waals surface area contributed by atoms with Crippen molar-refractivity contribution in [1.82, 2.24) is 14.8 Å². The summed E-state index contributed by atoms with van der Waals surface area (Å²) in [5, 5.41) is 3.04. The summed E-state index contributed by atoms with van der Waals surface area (Å²) in [5.74, 6) is 0. The molecule has 2 aromatic rings. The molecule has 136 valence electrons. The Hall–Kier alpha value is -2.40. The van der Waals surface area contributed by atoms with Gasteiger partial charge in [0.15, 0.2) is 0 Å². The van der Waals surface area contributed by atoms with Gasteiger partial charge in [0.1, 0.15) is 0 Å². The zero-order valence-corrected chi connectivity index (χ0v) is 15.1. The van der Waals surface area contributed by atoms with Gasteiger partial charge in [-0.1, -0.05) is 24.3 Å². The standard InChI is InChI=1S/C21H26N4O/c26-20(23-19-8-2-1-3-9-19)24-13-5-10-21(17-24)11-6-14-25(21)16-18-7-4-12-22-15-18/h1-4,7-9,12,15H,5-6,10-11,13-14,16-17H2,(H,23,26). The van der Waals surface area contributed by atoms with Crippen LogP contribution in [0.25, 0.3) is 0 Å². The van der Waals surface area contributed by atoms with Crippen LogP contribution >= 0.6 is 0 Å². The number of carbonyl (C=O) groups is 1. The maximum atomic E-state index is 12.8. The zero-order chi connectivity index (χ0) is 17.8. The highest BCUT2D eigenvalue weighted by Crippen LogP contribution is 2.38. The van der Waals surface area contributed by atoms with Crippen LogP contribution in [0.4, 0.5) is 10.5 Å². The van der Waals surface area contributed by atoms with E-state index in [0.29, 0.717) is 0 Å². The summed E-state index contributed by atoms with van der Waals surface area (Å²) in [6, 6.07) is 13.9. The van der Waals surface area contributed by atoms with Gasteiger partial charge in [-0.05, 0) is 56.0 Å². The van der Waals surface area contributed by atoms with E-state index in [4.69, 9.17) is 0 Å². The van der Waals surface area contributed by atoms with Gasteiger partial charge in [-0.15, -0.1) is 0 Å². The first kappa shape index (κ1) is 17.0. The second-order valence-corrected chi connectivity index (χ2v) is 7.43. The van der Waals surface area contributed by atoms with E-state index >= 15 is 0 Å². The Morgan fingerprint density at radius 2 is 1.88 bits per heavy atom. The zero-order valence-electron chi connectivity index (χ0n) is 15.1. The third kappa shape index (κ3) is 3.58. The number of rotatable bonds is 3. The minimum atomic E-state index is 0.0171. The second-order valence-electron chi connectivity index (χ2n) is 7.43. The molecule has 1 spiro atoms. The Morgan fingerprint density at radius 1 is 1.08 bits per heavy atom. The van der Waals surface area contributed by atoms with E-state index in [1.54, 1.807) is 0 Å². The van der Waals surface area contributed by atoms with E-state index in [9.17, 15) is 4.79 Å². The number of hydrogen-bond donors (Lipinski definition) is 1. The molecule has 1 N–H and O–H groups in total. The van der Waals surface area contributed by atoms with E-state index in [2.05, 4.69) is 21.3 Å². The third-order valence-electron chi connectivity index (χ3n) is 5.70. The minimum absolute atomic E-state index is 0.0171. The number of carbonyl (C=O) groups excluding carboxylic acids is 1. The summed E-state index contributed by atoms with van der Waals surface area (Å²) in [6.07, 6.45) is 8.37. The van der Waals surface area contributed by atoms with E-state index in [0.717, 1.165) is 38.3 Å². The lowest BCUT2D eigenvalue weighted by Crippen LogP contribution is -2.57. The Balaban J connectivity index is 1.45. The average molecular weight is 350 g/mol. The molecule has 2 amide bonds. The predicted molar refractivity (Wildman–Crippen MR) is 103 cm³/mol. The molecular formula is C21H26N4O. The number of anilines is 1. The topological polar surface area (TPSA) is 48.5 Å². The highest BCUT2D eigenvalue weighted by molar-refractivity contribution is 5.89. The number of piperidine rings is 1. The van der Waals surface area contributed by atoms with Gasteiger partial charge in [0.05, 0.1) is 0 Å². The van der Waals surface area contributed by atoms with Crippen molar-refractivity contribution in [3.8, 4) is 0 Å². The quantitative estimate of drug-likeness (QED) is 0.917. The molecular weight excluding hydrogens is 324 g/mol. The summed E-state index contributed by atoms with van der Waals surface area (Å²) < 4.78 is 0. The number of aromatic nitrogens is 1. The molecule has 0 saturated carbocycles. The van der Waals surface area contributed by atoms with Crippen molar-refractivity contribution >= 4 is 11.7 Å². The summed E-state index contributed by atoms with van der Waals surface area (Å²) >= 11 is 0. The predicted octanol–water partition coefficient (Wildman–Crippen LogP) is 3.74. The monoisotopic (exact) mass is 350 g/mol. The van der Waals surface area contributed by atoms with E-state index in [1.807, 2.05) is 53.7 Å². The molecule has 2 aliphatic heterocycles. The van der Waals surface area contributed by atoms with E-state index in [-0.39, 0.29) is 11.6 Å². The highest BCUT2D eigenvalue weighted by atomic mass is 16.2. The van der Waals surface area contributed by atoms with Gasteiger partial charge in [-0.2, -0.15) is 0 Å². The summed E-state index contributed by atoms with van der Waals surface area (Å²) in [6.45, 7) is 3.66. The fourth-order valence-electron chi connectivity index (χ4n) is 4.42. The van der Waals surface area contributed by atoms with Gasteiger partial charge >= 0.3 is 6.03 Å². The van der Waals surface area contributed by atoms with Crippen molar-refractivity contribution in [2.75, 3.05) is 25.0 Å². The van der Waals surface area contributed by atoms with Crippen LogP contribution in [0.2, 0.25) is 0 Å². The van der Waals surface area contributed by atoms with Crippen LogP contribution in [0.1, 0.15) is 31.2 Å². The van der Waals surface area contributed by atoms with Crippen LogP contribution in [0, 0.1) is 0 Å². The van der Waals surface area contributed by atoms with Crippen LogP contribution in [0.15, 0.2) is 54.9 Å². The third-order valence-corrected chi connectivity index (χ3v) is 5.70. The van der Waals surface area contributed by atoms with Gasteiger partial charge in [0.25, 0.3) is 0 Å². The van der Waals surface area contributed by atoms with Crippen LogP contribution in [-0.2, 0) is 6.54 Å².